The zero-order valence-electron chi connectivity index (χ0n) is 25.0. The predicted octanol–water partition coefficient (Wildman–Crippen LogP) is 4.87. The molecule has 0 amide bonds. The molecule has 6 unspecified atom stereocenters. The topological polar surface area (TPSA) is 107 Å². The Hall–Kier alpha value is -0.950. The first-order chi connectivity index (χ1) is 18.2. The van der Waals surface area contributed by atoms with Gasteiger partial charge in [-0.1, -0.05) is 39.8 Å². The molecule has 5 aliphatic carbocycles. The van der Waals surface area contributed by atoms with Crippen molar-refractivity contribution in [3.63, 3.8) is 0 Å². The molecule has 12 atom stereocenters. The lowest BCUT2D eigenvalue weighted by atomic mass is 9.32. The molecule has 4 N–H and O–H groups in total. The molecular weight excluding hydrogens is 492 g/mol. The van der Waals surface area contributed by atoms with E-state index >= 15 is 0 Å². The summed E-state index contributed by atoms with van der Waals surface area (Å²) in [4.78, 5) is 13.8. The highest BCUT2D eigenvalue weighted by molar-refractivity contribution is 5.78. The van der Waals surface area contributed by atoms with E-state index in [0.29, 0.717) is 23.7 Å². The Labute approximate surface area is 235 Å². The molecule has 5 fully saturated rings. The second-order valence-electron chi connectivity index (χ2n) is 15.5. The Morgan fingerprint density at radius 2 is 1.64 bits per heavy atom. The fourth-order valence-electron chi connectivity index (χ4n) is 11.9. The highest BCUT2D eigenvalue weighted by Gasteiger charge is 2.72. The standard InChI is InChI=1S/C33H54O6/c1-20(2)22-9-14-33(28(38)39-18-21(36)17-34)16-15-31(5)23(27(22)33)7-8-25-29(3)12-11-26(37)30(4,19-35)24(29)10-13-32(25,31)6/h21-27,34-37H,1,7-19H2,2-6H3/t21?,22?,23?,24?,25?,26-,27?,29-,30-,31+,32+,33-/m0/s1. The number of rotatable bonds is 6. The average Bonchev–Trinajstić information content (AvgIpc) is 3.31. The molecular formula is C33H54O6. The van der Waals surface area contributed by atoms with Gasteiger partial charge in [0.25, 0.3) is 0 Å². The Morgan fingerprint density at radius 3 is 2.28 bits per heavy atom. The summed E-state index contributed by atoms with van der Waals surface area (Å²) >= 11 is 0. The summed E-state index contributed by atoms with van der Waals surface area (Å²) < 4.78 is 5.72. The van der Waals surface area contributed by atoms with Gasteiger partial charge in [-0.2, -0.15) is 0 Å². The van der Waals surface area contributed by atoms with Crippen LogP contribution in [-0.2, 0) is 9.53 Å². The van der Waals surface area contributed by atoms with Gasteiger partial charge in [0.15, 0.2) is 0 Å². The van der Waals surface area contributed by atoms with Crippen LogP contribution in [0, 0.1) is 56.7 Å². The van der Waals surface area contributed by atoms with Crippen molar-refractivity contribution in [3.8, 4) is 0 Å². The molecule has 5 saturated carbocycles. The van der Waals surface area contributed by atoms with E-state index in [1.807, 2.05) is 0 Å². The monoisotopic (exact) mass is 546 g/mol. The maximum absolute atomic E-state index is 13.8. The van der Waals surface area contributed by atoms with Gasteiger partial charge in [0, 0.05) is 5.41 Å². The first kappa shape index (κ1) is 29.5. The number of aliphatic hydroxyl groups is 4. The minimum Gasteiger partial charge on any atom is -0.462 e. The van der Waals surface area contributed by atoms with E-state index in [1.165, 1.54) is 0 Å². The highest BCUT2D eigenvalue weighted by atomic mass is 16.5. The molecule has 6 heteroatoms. The van der Waals surface area contributed by atoms with Crippen LogP contribution in [0.25, 0.3) is 0 Å². The molecule has 5 aliphatic rings. The van der Waals surface area contributed by atoms with Gasteiger partial charge < -0.3 is 25.2 Å². The molecule has 0 aromatic heterocycles. The first-order valence-electron chi connectivity index (χ1n) is 15.7. The van der Waals surface area contributed by atoms with Crippen molar-refractivity contribution in [2.24, 2.45) is 56.7 Å². The van der Waals surface area contributed by atoms with Crippen molar-refractivity contribution >= 4 is 5.97 Å². The minimum absolute atomic E-state index is 0.0374. The molecule has 5 rings (SSSR count). The summed E-state index contributed by atoms with van der Waals surface area (Å²) in [5.41, 5.74) is 0.440. The first-order valence-corrected chi connectivity index (χ1v) is 15.7. The highest BCUT2D eigenvalue weighted by Crippen LogP contribution is 2.77. The van der Waals surface area contributed by atoms with Crippen LogP contribution in [0.15, 0.2) is 12.2 Å². The lowest BCUT2D eigenvalue weighted by molar-refractivity contribution is -0.254. The van der Waals surface area contributed by atoms with Gasteiger partial charge in [-0.15, -0.1) is 0 Å². The molecule has 222 valence electrons. The second kappa shape index (κ2) is 9.81. The maximum atomic E-state index is 13.8. The molecule has 0 aromatic rings. The number of aliphatic hydroxyl groups excluding tert-OH is 4. The number of ether oxygens (including phenoxy) is 1. The number of fused-ring (bicyclic) bond motifs is 7. The van der Waals surface area contributed by atoms with Crippen molar-refractivity contribution < 1.29 is 30.0 Å². The largest absolute Gasteiger partial charge is 0.462 e. The van der Waals surface area contributed by atoms with Crippen molar-refractivity contribution in [1.82, 2.24) is 0 Å². The van der Waals surface area contributed by atoms with E-state index in [2.05, 4.69) is 41.2 Å². The maximum Gasteiger partial charge on any atom is 0.312 e. The van der Waals surface area contributed by atoms with Crippen LogP contribution in [0.1, 0.15) is 98.8 Å². The molecule has 0 aliphatic heterocycles. The van der Waals surface area contributed by atoms with Crippen molar-refractivity contribution in [3.05, 3.63) is 12.2 Å². The van der Waals surface area contributed by atoms with Crippen LogP contribution in [0.5, 0.6) is 0 Å². The molecule has 0 saturated heterocycles. The van der Waals surface area contributed by atoms with Crippen molar-refractivity contribution in [2.45, 2.75) is 111 Å². The van der Waals surface area contributed by atoms with Crippen molar-refractivity contribution in [2.75, 3.05) is 19.8 Å². The molecule has 0 aromatic carbocycles. The zero-order valence-corrected chi connectivity index (χ0v) is 25.0. The second-order valence-corrected chi connectivity index (χ2v) is 15.5. The molecule has 0 bridgehead atoms. The normalized spacial score (nSPS) is 51.6. The van der Waals surface area contributed by atoms with Gasteiger partial charge in [0.05, 0.1) is 24.7 Å². The van der Waals surface area contributed by atoms with Crippen LogP contribution < -0.4 is 0 Å². The van der Waals surface area contributed by atoms with Crippen LogP contribution in [0.3, 0.4) is 0 Å². The third kappa shape index (κ3) is 3.90. The van der Waals surface area contributed by atoms with Gasteiger partial charge in [0.1, 0.15) is 12.7 Å². The Bertz CT molecular complexity index is 981. The number of carbonyl (C=O) groups excluding carboxylic acids is 1. The number of carbonyl (C=O) groups is 1. The molecule has 0 spiro atoms. The van der Waals surface area contributed by atoms with Crippen LogP contribution in [0.4, 0.5) is 0 Å². The molecule has 0 heterocycles. The summed E-state index contributed by atoms with van der Waals surface area (Å²) in [5, 5.41) is 40.6. The van der Waals surface area contributed by atoms with E-state index in [0.717, 1.165) is 69.8 Å². The van der Waals surface area contributed by atoms with E-state index in [-0.39, 0.29) is 41.3 Å². The number of esters is 1. The van der Waals surface area contributed by atoms with Gasteiger partial charge in [0.2, 0.25) is 0 Å². The van der Waals surface area contributed by atoms with Gasteiger partial charge >= 0.3 is 5.97 Å². The average molecular weight is 547 g/mol. The molecule has 0 radical (unpaired) electrons. The summed E-state index contributed by atoms with van der Waals surface area (Å²) in [6, 6.07) is 0. The van der Waals surface area contributed by atoms with E-state index in [1.54, 1.807) is 0 Å². The Balaban J connectivity index is 1.51. The van der Waals surface area contributed by atoms with Crippen LogP contribution in [0.2, 0.25) is 0 Å². The number of allylic oxidation sites excluding steroid dienone is 1. The van der Waals surface area contributed by atoms with E-state index in [4.69, 9.17) is 4.74 Å². The van der Waals surface area contributed by atoms with Gasteiger partial charge in [-0.05, 0) is 117 Å². The third-order valence-electron chi connectivity index (χ3n) is 14.2. The third-order valence-corrected chi connectivity index (χ3v) is 14.2. The molecule has 39 heavy (non-hydrogen) atoms. The van der Waals surface area contributed by atoms with Gasteiger partial charge in [-0.3, -0.25) is 4.79 Å². The van der Waals surface area contributed by atoms with E-state index < -0.39 is 29.6 Å². The Morgan fingerprint density at radius 1 is 0.923 bits per heavy atom. The minimum atomic E-state index is -1.04. The quantitative estimate of drug-likeness (QED) is 0.280. The number of hydrogen-bond acceptors (Lipinski definition) is 6. The summed E-state index contributed by atoms with van der Waals surface area (Å²) in [6.07, 6.45) is 8.16. The summed E-state index contributed by atoms with van der Waals surface area (Å²) in [6.45, 7) is 15.6. The van der Waals surface area contributed by atoms with Crippen LogP contribution >= 0.6 is 0 Å². The molecule has 6 nitrogen and oxygen atoms in total. The van der Waals surface area contributed by atoms with Crippen molar-refractivity contribution in [1.29, 1.82) is 0 Å². The van der Waals surface area contributed by atoms with E-state index in [9.17, 15) is 25.2 Å². The lowest BCUT2D eigenvalue weighted by Gasteiger charge is -2.72. The summed E-state index contributed by atoms with van der Waals surface area (Å²) in [5.74, 6) is 1.51. The SMILES string of the molecule is C=C(C)C1CC[C@]2(C(=O)OCC(O)CO)CC[C@]3(C)C(CCC4[C@@]5(C)CC[C@H](O)[C@@](C)(CO)C5CC[C@]43C)C12. The summed E-state index contributed by atoms with van der Waals surface area (Å²) in [7, 11) is 0. The number of hydrogen-bond donors (Lipinski definition) is 4. The van der Waals surface area contributed by atoms with Gasteiger partial charge in [-0.25, -0.2) is 0 Å². The smallest absolute Gasteiger partial charge is 0.312 e. The van der Waals surface area contributed by atoms with Crippen LogP contribution in [-0.4, -0.2) is 58.4 Å². The lowest BCUT2D eigenvalue weighted by Crippen LogP contribution is -2.67. The fourth-order valence-corrected chi connectivity index (χ4v) is 11.9. The fraction of sp³-hybridized carbons (Fsp3) is 0.909. The predicted molar refractivity (Wildman–Crippen MR) is 150 cm³/mol. The zero-order chi connectivity index (χ0) is 28.6. The Kier molecular flexibility index (Phi) is 7.43.